The predicted molar refractivity (Wildman–Crippen MR) is 99.6 cm³/mol. The summed E-state index contributed by atoms with van der Waals surface area (Å²) in [6.07, 6.45) is 8.38. The molecule has 0 bridgehead atoms. The lowest BCUT2D eigenvalue weighted by Gasteiger charge is -2.41. The van der Waals surface area contributed by atoms with Gasteiger partial charge >= 0.3 is 0 Å². The Balaban J connectivity index is 2.21. The van der Waals surface area contributed by atoms with Gasteiger partial charge in [-0.2, -0.15) is 0 Å². The van der Waals surface area contributed by atoms with Crippen LogP contribution >= 0.6 is 0 Å². The van der Waals surface area contributed by atoms with Crippen molar-refractivity contribution in [2.45, 2.75) is 91.5 Å². The molecule has 2 aliphatic rings. The highest BCUT2D eigenvalue weighted by Gasteiger charge is 2.45. The lowest BCUT2D eigenvalue weighted by molar-refractivity contribution is 0.0965. The summed E-state index contributed by atoms with van der Waals surface area (Å²) in [5.74, 6) is 3.05. The second-order valence-electron chi connectivity index (χ2n) is 9.65. The molecule has 0 radical (unpaired) electrons. The molecule has 1 nitrogen and oxygen atoms in total. The van der Waals surface area contributed by atoms with Crippen LogP contribution in [0.5, 0.6) is 0 Å². The summed E-state index contributed by atoms with van der Waals surface area (Å²) in [4.78, 5) is 0. The third-order valence-corrected chi connectivity index (χ3v) is 11.2. The molecule has 0 aromatic rings. The second kappa shape index (κ2) is 6.43. The highest BCUT2D eigenvalue weighted by Crippen LogP contribution is 2.47. The van der Waals surface area contributed by atoms with Crippen molar-refractivity contribution in [3.63, 3.8) is 0 Å². The molecule has 1 fully saturated rings. The van der Waals surface area contributed by atoms with Gasteiger partial charge < -0.3 is 4.43 Å². The molecule has 22 heavy (non-hydrogen) atoms. The number of fused-ring (bicyclic) bond motifs is 1. The molecule has 0 aliphatic heterocycles. The van der Waals surface area contributed by atoms with E-state index in [4.69, 9.17) is 4.43 Å². The lowest BCUT2D eigenvalue weighted by atomic mass is 9.86. The van der Waals surface area contributed by atoms with E-state index < -0.39 is 8.32 Å². The molecule has 2 heteroatoms. The van der Waals surface area contributed by atoms with Crippen molar-refractivity contribution < 1.29 is 4.43 Å². The first-order chi connectivity index (χ1) is 10.0. The van der Waals surface area contributed by atoms with Gasteiger partial charge in [0.05, 0.1) is 0 Å². The lowest BCUT2D eigenvalue weighted by Crippen LogP contribution is -2.46. The monoisotopic (exact) mass is 322 g/mol. The van der Waals surface area contributed by atoms with Gasteiger partial charge in [0.1, 0.15) is 0 Å². The summed E-state index contributed by atoms with van der Waals surface area (Å²) in [6, 6.07) is 0. The minimum Gasteiger partial charge on any atom is -0.414 e. The van der Waals surface area contributed by atoms with Crippen LogP contribution in [0.25, 0.3) is 0 Å². The smallest absolute Gasteiger partial charge is 0.192 e. The molecule has 0 heterocycles. The van der Waals surface area contributed by atoms with Crippen molar-refractivity contribution in [2.75, 3.05) is 0 Å². The average Bonchev–Trinajstić information content (AvgIpc) is 2.62. The van der Waals surface area contributed by atoms with Gasteiger partial charge in [0.2, 0.25) is 0 Å². The maximum absolute atomic E-state index is 6.92. The molecule has 2 aliphatic carbocycles. The molecular weight excluding hydrogens is 284 g/mol. The van der Waals surface area contributed by atoms with Crippen LogP contribution in [0.2, 0.25) is 18.1 Å². The third kappa shape index (κ3) is 3.70. The zero-order valence-corrected chi connectivity index (χ0v) is 17.2. The third-order valence-electron chi connectivity index (χ3n) is 6.70. The Morgan fingerprint density at radius 3 is 2.32 bits per heavy atom. The van der Waals surface area contributed by atoms with Crippen molar-refractivity contribution in [2.24, 2.45) is 23.7 Å². The Kier molecular flexibility index (Phi) is 5.34. The highest BCUT2D eigenvalue weighted by atomic mass is 28.4. The topological polar surface area (TPSA) is 9.23 Å². The molecule has 0 N–H and O–H groups in total. The van der Waals surface area contributed by atoms with Crippen LogP contribution in [0.15, 0.2) is 11.6 Å². The van der Waals surface area contributed by atoms with Gasteiger partial charge in [0, 0.05) is 6.10 Å². The van der Waals surface area contributed by atoms with Crippen LogP contribution in [0.3, 0.4) is 0 Å². The van der Waals surface area contributed by atoms with Crippen LogP contribution in [0.1, 0.15) is 67.2 Å². The van der Waals surface area contributed by atoms with Crippen molar-refractivity contribution >= 4 is 8.32 Å². The van der Waals surface area contributed by atoms with Gasteiger partial charge in [-0.25, -0.2) is 0 Å². The molecule has 2 rings (SSSR count). The first-order valence-corrected chi connectivity index (χ1v) is 12.3. The SMILES string of the molecule is CC(C)C1=C[C@@H]2[C@H](CC[C@@H]2C)[C@@H](O[Si](C)(C)C(C)(C)C)CC1. The van der Waals surface area contributed by atoms with E-state index in [1.165, 1.54) is 25.7 Å². The first-order valence-electron chi connectivity index (χ1n) is 9.41. The quantitative estimate of drug-likeness (QED) is 0.430. The van der Waals surface area contributed by atoms with E-state index in [0.717, 1.165) is 17.8 Å². The van der Waals surface area contributed by atoms with E-state index >= 15 is 0 Å². The summed E-state index contributed by atoms with van der Waals surface area (Å²) in [5, 5.41) is 0.313. The Bertz CT molecular complexity index is 416. The van der Waals surface area contributed by atoms with Gasteiger partial charge in [0.15, 0.2) is 8.32 Å². The van der Waals surface area contributed by atoms with Gasteiger partial charge in [-0.1, -0.05) is 53.2 Å². The van der Waals surface area contributed by atoms with Crippen molar-refractivity contribution in [1.82, 2.24) is 0 Å². The molecule has 0 amide bonds. The maximum atomic E-state index is 6.92. The standard InChI is InChI=1S/C20H38OSi/c1-14(2)16-10-12-19(21-22(7,8)20(4,5)6)17-11-9-15(3)18(17)13-16/h13-15,17-19H,9-12H2,1-8H3/t15-,17-,18-,19-/m0/s1. The maximum Gasteiger partial charge on any atom is 0.192 e. The van der Waals surface area contributed by atoms with Crippen LogP contribution in [0.4, 0.5) is 0 Å². The highest BCUT2D eigenvalue weighted by molar-refractivity contribution is 6.74. The predicted octanol–water partition coefficient (Wildman–Crippen LogP) is 6.42. The zero-order valence-electron chi connectivity index (χ0n) is 16.2. The molecule has 0 saturated heterocycles. The fourth-order valence-corrected chi connectivity index (χ4v) is 5.42. The fourth-order valence-electron chi connectivity index (χ4n) is 4.02. The fraction of sp³-hybridized carbons (Fsp3) is 0.900. The number of hydrogen-bond donors (Lipinski definition) is 0. The molecule has 4 atom stereocenters. The van der Waals surface area contributed by atoms with Crippen molar-refractivity contribution in [3.05, 3.63) is 11.6 Å². The van der Waals surface area contributed by atoms with Gasteiger partial charge in [-0.3, -0.25) is 0 Å². The summed E-state index contributed by atoms with van der Waals surface area (Å²) >= 11 is 0. The van der Waals surface area contributed by atoms with Gasteiger partial charge in [-0.05, 0) is 67.5 Å². The van der Waals surface area contributed by atoms with Gasteiger partial charge in [-0.15, -0.1) is 0 Å². The average molecular weight is 323 g/mol. The zero-order chi connectivity index (χ0) is 16.7. The van der Waals surface area contributed by atoms with E-state index in [-0.39, 0.29) is 0 Å². The Hall–Kier alpha value is -0.0831. The molecule has 0 spiro atoms. The largest absolute Gasteiger partial charge is 0.414 e. The Labute approximate surface area is 140 Å². The normalized spacial score (nSPS) is 33.6. The Morgan fingerprint density at radius 2 is 1.77 bits per heavy atom. The van der Waals surface area contributed by atoms with Crippen LogP contribution < -0.4 is 0 Å². The first kappa shape index (κ1) is 18.3. The number of hydrogen-bond acceptors (Lipinski definition) is 1. The van der Waals surface area contributed by atoms with Crippen LogP contribution in [-0.4, -0.2) is 14.4 Å². The molecular formula is C20H38OSi. The molecule has 1 saturated carbocycles. The Morgan fingerprint density at radius 1 is 1.14 bits per heavy atom. The summed E-state index contributed by atoms with van der Waals surface area (Å²) < 4.78 is 6.92. The van der Waals surface area contributed by atoms with E-state index in [9.17, 15) is 0 Å². The van der Waals surface area contributed by atoms with E-state index in [1.54, 1.807) is 5.57 Å². The molecule has 0 aromatic carbocycles. The van der Waals surface area contributed by atoms with Crippen molar-refractivity contribution in [3.8, 4) is 0 Å². The van der Waals surface area contributed by atoms with Crippen LogP contribution in [0, 0.1) is 23.7 Å². The van der Waals surface area contributed by atoms with Crippen molar-refractivity contribution in [1.29, 1.82) is 0 Å². The summed E-state index contributed by atoms with van der Waals surface area (Å²) in [5.41, 5.74) is 1.69. The molecule has 0 aromatic heterocycles. The number of rotatable bonds is 3. The molecule has 128 valence electrons. The van der Waals surface area contributed by atoms with Gasteiger partial charge in [0.25, 0.3) is 0 Å². The van der Waals surface area contributed by atoms with E-state index in [1.807, 2.05) is 0 Å². The minimum atomic E-state index is -1.67. The van der Waals surface area contributed by atoms with Crippen LogP contribution in [-0.2, 0) is 4.43 Å². The van der Waals surface area contributed by atoms with E-state index in [0.29, 0.717) is 17.1 Å². The second-order valence-corrected chi connectivity index (χ2v) is 14.4. The van der Waals surface area contributed by atoms with E-state index in [2.05, 4.69) is 60.7 Å². The summed E-state index contributed by atoms with van der Waals surface area (Å²) in [7, 11) is -1.67. The number of allylic oxidation sites excluding steroid dienone is 2. The minimum absolute atomic E-state index is 0.313. The summed E-state index contributed by atoms with van der Waals surface area (Å²) in [6.45, 7) is 19.1. The molecule has 0 unspecified atom stereocenters.